The molecule has 3 nitrogen and oxygen atoms in total. The lowest BCUT2D eigenvalue weighted by Crippen LogP contribution is -2.45. The highest BCUT2D eigenvalue weighted by Gasteiger charge is 2.32. The fourth-order valence-corrected chi connectivity index (χ4v) is 3.56. The maximum atomic E-state index is 11.8. The van der Waals surface area contributed by atoms with E-state index in [4.69, 9.17) is 6.42 Å². The van der Waals surface area contributed by atoms with Gasteiger partial charge >= 0.3 is 0 Å². The van der Waals surface area contributed by atoms with Crippen molar-refractivity contribution >= 4 is 10.0 Å². The van der Waals surface area contributed by atoms with Gasteiger partial charge in [-0.25, -0.2) is 8.42 Å². The predicted octanol–water partition coefficient (Wildman–Crippen LogP) is 1.26. The van der Waals surface area contributed by atoms with Crippen molar-refractivity contribution < 1.29 is 8.42 Å². The lowest BCUT2D eigenvalue weighted by atomic mass is 10.1. The molecule has 1 aliphatic carbocycles. The van der Waals surface area contributed by atoms with E-state index >= 15 is 0 Å². The first-order chi connectivity index (χ1) is 6.37. The Morgan fingerprint density at radius 3 is 2.29 bits per heavy atom. The molecule has 1 fully saturated rings. The van der Waals surface area contributed by atoms with Gasteiger partial charge in [-0.2, -0.15) is 4.72 Å². The lowest BCUT2D eigenvalue weighted by molar-refractivity contribution is 0.526. The van der Waals surface area contributed by atoms with E-state index in [2.05, 4.69) is 10.6 Å². The smallest absolute Gasteiger partial charge is 0.212 e. The Balaban J connectivity index is 2.72. The van der Waals surface area contributed by atoms with E-state index in [9.17, 15) is 8.42 Å². The van der Waals surface area contributed by atoms with E-state index < -0.39 is 15.6 Å². The third-order valence-electron chi connectivity index (χ3n) is 2.50. The van der Waals surface area contributed by atoms with Gasteiger partial charge in [0.05, 0.1) is 10.8 Å². The summed E-state index contributed by atoms with van der Waals surface area (Å²) in [6, 6.07) is 0. The first-order valence-corrected chi connectivity index (χ1v) is 6.42. The van der Waals surface area contributed by atoms with Crippen LogP contribution in [-0.4, -0.2) is 19.2 Å². The summed E-state index contributed by atoms with van der Waals surface area (Å²) in [5, 5.41) is -0.241. The van der Waals surface area contributed by atoms with Gasteiger partial charge in [-0.1, -0.05) is 18.8 Å². The van der Waals surface area contributed by atoms with Gasteiger partial charge in [-0.3, -0.25) is 0 Å². The molecular formula is C10H17NO2S. The van der Waals surface area contributed by atoms with Crippen LogP contribution in [0.15, 0.2) is 0 Å². The molecule has 1 saturated carbocycles. The van der Waals surface area contributed by atoms with E-state index in [0.29, 0.717) is 0 Å². The molecule has 0 spiro atoms. The predicted molar refractivity (Wildman–Crippen MR) is 57.2 cm³/mol. The summed E-state index contributed by atoms with van der Waals surface area (Å²) in [5.74, 6) is 2.43. The van der Waals surface area contributed by atoms with Gasteiger partial charge < -0.3 is 0 Å². The maximum Gasteiger partial charge on any atom is 0.215 e. The van der Waals surface area contributed by atoms with E-state index in [-0.39, 0.29) is 5.25 Å². The Bertz CT molecular complexity index is 332. The quantitative estimate of drug-likeness (QED) is 0.720. The van der Waals surface area contributed by atoms with Crippen LogP contribution in [0, 0.1) is 12.3 Å². The second-order valence-electron chi connectivity index (χ2n) is 4.32. The molecule has 0 radical (unpaired) electrons. The molecular weight excluding hydrogens is 198 g/mol. The minimum absolute atomic E-state index is 0.241. The summed E-state index contributed by atoms with van der Waals surface area (Å²) >= 11 is 0. The Morgan fingerprint density at radius 2 is 1.86 bits per heavy atom. The van der Waals surface area contributed by atoms with E-state index in [1.54, 1.807) is 13.8 Å². The molecule has 1 rings (SSSR count). The minimum Gasteiger partial charge on any atom is -0.212 e. The normalized spacial score (nSPS) is 19.5. The zero-order chi connectivity index (χ0) is 10.8. The minimum atomic E-state index is -3.22. The van der Waals surface area contributed by atoms with Gasteiger partial charge in [0.2, 0.25) is 10.0 Å². The van der Waals surface area contributed by atoms with Crippen molar-refractivity contribution in [1.82, 2.24) is 4.72 Å². The zero-order valence-electron chi connectivity index (χ0n) is 8.71. The molecule has 0 aromatic heterocycles. The zero-order valence-corrected chi connectivity index (χ0v) is 9.52. The molecule has 0 unspecified atom stereocenters. The van der Waals surface area contributed by atoms with Gasteiger partial charge in [0.15, 0.2) is 0 Å². The number of rotatable bonds is 3. The van der Waals surface area contributed by atoms with Crippen molar-refractivity contribution in [2.45, 2.75) is 50.3 Å². The van der Waals surface area contributed by atoms with Crippen molar-refractivity contribution in [2.75, 3.05) is 0 Å². The summed E-state index contributed by atoms with van der Waals surface area (Å²) in [6.07, 6.45) is 8.76. The van der Waals surface area contributed by atoms with Gasteiger partial charge in [-0.05, 0) is 26.7 Å². The monoisotopic (exact) mass is 215 g/mol. The number of sulfonamides is 1. The van der Waals surface area contributed by atoms with Crippen LogP contribution in [-0.2, 0) is 10.0 Å². The molecule has 14 heavy (non-hydrogen) atoms. The molecule has 4 heteroatoms. The van der Waals surface area contributed by atoms with Crippen LogP contribution in [0.4, 0.5) is 0 Å². The largest absolute Gasteiger partial charge is 0.215 e. The second-order valence-corrected chi connectivity index (χ2v) is 6.28. The first kappa shape index (κ1) is 11.5. The molecule has 1 N–H and O–H groups in total. The first-order valence-electron chi connectivity index (χ1n) is 4.88. The van der Waals surface area contributed by atoms with Gasteiger partial charge in [0.25, 0.3) is 0 Å². The number of hydrogen-bond acceptors (Lipinski definition) is 2. The summed E-state index contributed by atoms with van der Waals surface area (Å²) in [6.45, 7) is 3.39. The van der Waals surface area contributed by atoms with E-state index in [0.717, 1.165) is 25.7 Å². The molecule has 0 heterocycles. The highest BCUT2D eigenvalue weighted by atomic mass is 32.2. The lowest BCUT2D eigenvalue weighted by Gasteiger charge is -2.22. The molecule has 0 amide bonds. The molecule has 0 aromatic rings. The summed E-state index contributed by atoms with van der Waals surface area (Å²) in [4.78, 5) is 0. The topological polar surface area (TPSA) is 46.2 Å². The Kier molecular flexibility index (Phi) is 3.23. The molecule has 0 aromatic carbocycles. The molecule has 0 saturated heterocycles. The van der Waals surface area contributed by atoms with Crippen LogP contribution in [0.25, 0.3) is 0 Å². The number of hydrogen-bond donors (Lipinski definition) is 1. The summed E-state index contributed by atoms with van der Waals surface area (Å²) in [5.41, 5.74) is -0.776. The highest BCUT2D eigenvalue weighted by Crippen LogP contribution is 2.24. The average Bonchev–Trinajstić information content (AvgIpc) is 2.54. The number of terminal acetylenes is 1. The Morgan fingerprint density at radius 1 is 1.36 bits per heavy atom. The fourth-order valence-electron chi connectivity index (χ4n) is 1.67. The van der Waals surface area contributed by atoms with Crippen LogP contribution < -0.4 is 4.72 Å². The molecule has 80 valence electrons. The van der Waals surface area contributed by atoms with Crippen molar-refractivity contribution in [3.63, 3.8) is 0 Å². The van der Waals surface area contributed by atoms with Crippen LogP contribution in [0.3, 0.4) is 0 Å². The summed E-state index contributed by atoms with van der Waals surface area (Å²) in [7, 11) is -3.22. The third-order valence-corrected chi connectivity index (χ3v) is 4.64. The van der Waals surface area contributed by atoms with E-state index in [1.807, 2.05) is 0 Å². The van der Waals surface area contributed by atoms with Crippen LogP contribution in [0.1, 0.15) is 39.5 Å². The maximum absolute atomic E-state index is 11.8. The van der Waals surface area contributed by atoms with Crippen molar-refractivity contribution in [2.24, 2.45) is 0 Å². The van der Waals surface area contributed by atoms with Crippen molar-refractivity contribution in [3.8, 4) is 12.3 Å². The number of nitrogens with one attached hydrogen (secondary N) is 1. The fraction of sp³-hybridized carbons (Fsp3) is 0.800. The van der Waals surface area contributed by atoms with Gasteiger partial charge in [0, 0.05) is 0 Å². The highest BCUT2D eigenvalue weighted by molar-refractivity contribution is 7.90. The Labute approximate surface area is 86.3 Å². The molecule has 1 aliphatic rings. The van der Waals surface area contributed by atoms with E-state index in [1.165, 1.54) is 0 Å². The van der Waals surface area contributed by atoms with Crippen LogP contribution >= 0.6 is 0 Å². The van der Waals surface area contributed by atoms with Crippen molar-refractivity contribution in [1.29, 1.82) is 0 Å². The third kappa shape index (κ3) is 2.73. The SMILES string of the molecule is C#CC(C)(C)NS(=O)(=O)C1CCCC1. The van der Waals surface area contributed by atoms with Crippen LogP contribution in [0.5, 0.6) is 0 Å². The van der Waals surface area contributed by atoms with Gasteiger partial charge in [-0.15, -0.1) is 6.42 Å². The summed E-state index contributed by atoms with van der Waals surface area (Å²) < 4.78 is 26.2. The van der Waals surface area contributed by atoms with Gasteiger partial charge in [0.1, 0.15) is 0 Å². The van der Waals surface area contributed by atoms with Crippen LogP contribution in [0.2, 0.25) is 0 Å². The van der Waals surface area contributed by atoms with Crippen molar-refractivity contribution in [3.05, 3.63) is 0 Å². The average molecular weight is 215 g/mol. The standard InChI is InChI=1S/C10H17NO2S/c1-4-10(2,3)11-14(12,13)9-7-5-6-8-9/h1,9,11H,5-8H2,2-3H3. The Hall–Kier alpha value is -0.530. The second kappa shape index (κ2) is 3.92. The molecule has 0 atom stereocenters. The molecule has 0 bridgehead atoms. The molecule has 0 aliphatic heterocycles.